The molecule has 0 saturated carbocycles. The van der Waals surface area contributed by atoms with Crippen LogP contribution in [0.25, 0.3) is 0 Å². The maximum atomic E-state index is 10.9. The molecule has 4 nitrogen and oxygen atoms in total. The Labute approximate surface area is 83.6 Å². The fourth-order valence-corrected chi connectivity index (χ4v) is 2.07. The molecule has 0 aliphatic carbocycles. The van der Waals surface area contributed by atoms with Gasteiger partial charge >= 0.3 is 0 Å². The Morgan fingerprint density at radius 1 is 1.69 bits per heavy atom. The number of hydrogen-bond acceptors (Lipinski definition) is 4. The van der Waals surface area contributed by atoms with Gasteiger partial charge in [0.15, 0.2) is 0 Å². The quantitative estimate of drug-likeness (QED) is 0.687. The summed E-state index contributed by atoms with van der Waals surface area (Å²) in [5, 5.41) is 3.25. The van der Waals surface area contributed by atoms with Gasteiger partial charge in [0.05, 0.1) is 5.75 Å². The zero-order valence-corrected chi connectivity index (χ0v) is 9.08. The van der Waals surface area contributed by atoms with E-state index in [1.54, 1.807) is 0 Å². The molecule has 0 spiro atoms. The second-order valence-electron chi connectivity index (χ2n) is 3.16. The first kappa shape index (κ1) is 10.7. The summed E-state index contributed by atoms with van der Waals surface area (Å²) in [7, 11) is -2.88. The van der Waals surface area contributed by atoms with Gasteiger partial charge in [-0.3, -0.25) is 0 Å². The van der Waals surface area contributed by atoms with Crippen molar-refractivity contribution in [3.8, 4) is 0 Å². The lowest BCUT2D eigenvalue weighted by Crippen LogP contribution is -2.38. The molecular weight excluding hydrogens is 210 g/mol. The summed E-state index contributed by atoms with van der Waals surface area (Å²) in [5.74, 6) is 0.167. The van der Waals surface area contributed by atoms with Crippen LogP contribution in [0.4, 0.5) is 0 Å². The van der Waals surface area contributed by atoms with E-state index in [-0.39, 0.29) is 11.9 Å². The number of rotatable bonds is 3. The summed E-state index contributed by atoms with van der Waals surface area (Å²) in [5.41, 5.74) is 0. The summed E-state index contributed by atoms with van der Waals surface area (Å²) in [4.78, 5) is 0. The van der Waals surface area contributed by atoms with Gasteiger partial charge in [-0.25, -0.2) is 8.42 Å². The molecule has 0 radical (unpaired) electrons. The van der Waals surface area contributed by atoms with Crippen molar-refractivity contribution in [2.75, 3.05) is 18.6 Å². The van der Waals surface area contributed by atoms with E-state index in [2.05, 4.69) is 5.32 Å². The largest absolute Gasteiger partial charge is 0.468 e. The number of hydrogen-bond donors (Lipinski definition) is 1. The average molecular weight is 223 g/mol. The smallest absolute Gasteiger partial charge is 0.256 e. The summed E-state index contributed by atoms with van der Waals surface area (Å²) in [6, 6.07) is 0. The predicted octanol–water partition coefficient (Wildman–Crippen LogP) is 0.0845. The summed E-state index contributed by atoms with van der Waals surface area (Å²) in [6.45, 7) is 0.771. The fourth-order valence-electron chi connectivity index (χ4n) is 1.14. The Balaban J connectivity index is 2.33. The minimum Gasteiger partial charge on any atom is -0.468 e. The number of nitrogens with one attached hydrogen (secondary N) is 1. The van der Waals surface area contributed by atoms with Crippen LogP contribution in [0.5, 0.6) is 0 Å². The van der Waals surface area contributed by atoms with E-state index in [0.717, 1.165) is 13.0 Å². The van der Waals surface area contributed by atoms with Crippen molar-refractivity contribution in [3.05, 3.63) is 0 Å². The molecule has 76 valence electrons. The monoisotopic (exact) mass is 223 g/mol. The lowest BCUT2D eigenvalue weighted by molar-refractivity contribution is 0.151. The average Bonchev–Trinajstić information content (AvgIpc) is 2.00. The summed E-state index contributed by atoms with van der Waals surface area (Å²) in [6.07, 6.45) is 2.53. The third kappa shape index (κ3) is 4.42. The molecule has 0 aromatic heterocycles. The second kappa shape index (κ2) is 4.23. The van der Waals surface area contributed by atoms with Crippen LogP contribution in [0.15, 0.2) is 0 Å². The maximum absolute atomic E-state index is 10.9. The van der Waals surface area contributed by atoms with Crippen molar-refractivity contribution in [1.29, 1.82) is 0 Å². The van der Waals surface area contributed by atoms with Crippen LogP contribution >= 0.6 is 12.2 Å². The van der Waals surface area contributed by atoms with Gasteiger partial charge in [0.25, 0.3) is 5.17 Å². The first-order valence-corrected chi connectivity index (χ1v) is 6.56. The van der Waals surface area contributed by atoms with Gasteiger partial charge < -0.3 is 10.1 Å². The van der Waals surface area contributed by atoms with E-state index in [0.29, 0.717) is 11.6 Å². The number of thiocarbonyl (C=S) groups is 1. The molecule has 1 aliphatic heterocycles. The van der Waals surface area contributed by atoms with Gasteiger partial charge in [-0.05, 0) is 18.6 Å². The highest BCUT2D eigenvalue weighted by molar-refractivity contribution is 7.90. The Kier molecular flexibility index (Phi) is 3.49. The highest BCUT2D eigenvalue weighted by Crippen LogP contribution is 2.09. The van der Waals surface area contributed by atoms with Crippen molar-refractivity contribution in [3.63, 3.8) is 0 Å². The lowest BCUT2D eigenvalue weighted by atomic mass is 10.2. The molecule has 0 aromatic carbocycles. The predicted molar refractivity (Wildman–Crippen MR) is 54.4 cm³/mol. The Morgan fingerprint density at radius 3 is 2.92 bits per heavy atom. The van der Waals surface area contributed by atoms with Gasteiger partial charge in [-0.2, -0.15) is 0 Å². The molecule has 1 atom stereocenters. The van der Waals surface area contributed by atoms with E-state index in [9.17, 15) is 8.42 Å². The van der Waals surface area contributed by atoms with Crippen LogP contribution < -0.4 is 5.32 Å². The molecule has 0 bridgehead atoms. The topological polar surface area (TPSA) is 55.4 Å². The van der Waals surface area contributed by atoms with Crippen molar-refractivity contribution in [2.45, 2.75) is 18.9 Å². The lowest BCUT2D eigenvalue weighted by Gasteiger charge is -2.24. The summed E-state index contributed by atoms with van der Waals surface area (Å²) < 4.78 is 26.9. The third-order valence-corrected chi connectivity index (χ3v) is 3.04. The number of sulfone groups is 1. The molecule has 1 aliphatic rings. The molecular formula is C7H13NO3S2. The second-order valence-corrected chi connectivity index (χ2v) is 5.79. The van der Waals surface area contributed by atoms with Crippen molar-refractivity contribution in [2.24, 2.45) is 0 Å². The number of ether oxygens (including phenoxy) is 1. The van der Waals surface area contributed by atoms with Crippen LogP contribution in [-0.4, -0.2) is 38.2 Å². The third-order valence-electron chi connectivity index (χ3n) is 1.82. The van der Waals surface area contributed by atoms with Gasteiger partial charge in [0.1, 0.15) is 15.9 Å². The maximum Gasteiger partial charge on any atom is 0.256 e. The van der Waals surface area contributed by atoms with Gasteiger partial charge in [0.2, 0.25) is 0 Å². The molecule has 13 heavy (non-hydrogen) atoms. The van der Waals surface area contributed by atoms with Crippen molar-refractivity contribution in [1.82, 2.24) is 5.32 Å². The van der Waals surface area contributed by atoms with E-state index in [1.165, 1.54) is 6.26 Å². The minimum atomic E-state index is -2.88. The highest BCUT2D eigenvalue weighted by atomic mass is 32.2. The van der Waals surface area contributed by atoms with Crippen LogP contribution in [0.3, 0.4) is 0 Å². The first-order valence-electron chi connectivity index (χ1n) is 4.09. The van der Waals surface area contributed by atoms with Crippen LogP contribution in [-0.2, 0) is 14.6 Å². The molecule has 1 saturated heterocycles. The van der Waals surface area contributed by atoms with Crippen molar-refractivity contribution >= 4 is 27.2 Å². The van der Waals surface area contributed by atoms with E-state index < -0.39 is 9.84 Å². The minimum absolute atomic E-state index is 0.0384. The first-order chi connectivity index (χ1) is 5.97. The standard InChI is InChI=1S/C7H13NO3S2/c1-13(9,10)5-3-6-2-4-8-7(12)11-6/h6H,2-5H2,1H3,(H,8,12). The van der Waals surface area contributed by atoms with Gasteiger partial charge in [0, 0.05) is 19.2 Å². The molecule has 1 N–H and O–H groups in total. The van der Waals surface area contributed by atoms with Crippen LogP contribution in [0.2, 0.25) is 0 Å². The normalized spacial score (nSPS) is 23.5. The molecule has 1 unspecified atom stereocenters. The van der Waals surface area contributed by atoms with Gasteiger partial charge in [-0.1, -0.05) is 0 Å². The van der Waals surface area contributed by atoms with Crippen LogP contribution in [0.1, 0.15) is 12.8 Å². The molecule has 1 heterocycles. The zero-order valence-electron chi connectivity index (χ0n) is 7.45. The highest BCUT2D eigenvalue weighted by Gasteiger charge is 2.18. The Bertz CT molecular complexity index is 286. The molecule has 0 amide bonds. The summed E-state index contributed by atoms with van der Waals surface area (Å²) >= 11 is 4.81. The molecule has 1 rings (SSSR count). The molecule has 1 fully saturated rings. The van der Waals surface area contributed by atoms with Gasteiger partial charge in [-0.15, -0.1) is 0 Å². The fraction of sp³-hybridized carbons (Fsp3) is 0.857. The van der Waals surface area contributed by atoms with E-state index in [4.69, 9.17) is 17.0 Å². The van der Waals surface area contributed by atoms with Crippen molar-refractivity contribution < 1.29 is 13.2 Å². The zero-order chi connectivity index (χ0) is 9.90. The van der Waals surface area contributed by atoms with Crippen LogP contribution in [0, 0.1) is 0 Å². The van der Waals surface area contributed by atoms with E-state index in [1.807, 2.05) is 0 Å². The molecule has 6 heteroatoms. The SMILES string of the molecule is CS(=O)(=O)CCC1CCNC(=S)O1. The Morgan fingerprint density at radius 2 is 2.38 bits per heavy atom. The molecule has 0 aromatic rings. The van der Waals surface area contributed by atoms with E-state index >= 15 is 0 Å². The Hall–Kier alpha value is -0.360.